The fourth-order valence-electron chi connectivity index (χ4n) is 3.09. The van der Waals surface area contributed by atoms with Gasteiger partial charge in [0.15, 0.2) is 12.3 Å². The van der Waals surface area contributed by atoms with Crippen LogP contribution in [0.25, 0.3) is 5.57 Å². The maximum atomic E-state index is 13.7. The molecule has 2 nitrogen and oxygen atoms in total. The molecular weight excluding hydrogens is 364 g/mol. The third-order valence-electron chi connectivity index (χ3n) is 4.46. The summed E-state index contributed by atoms with van der Waals surface area (Å²) < 4.78 is 53.9. The first-order valence-corrected chi connectivity index (χ1v) is 9.39. The Morgan fingerprint density at radius 1 is 1.31 bits per heavy atom. The number of nitrogens with zero attached hydrogens (tertiary/aromatic N) is 1. The third kappa shape index (κ3) is 5.51. The van der Waals surface area contributed by atoms with Crippen molar-refractivity contribution in [2.75, 3.05) is 13.1 Å². The quantitative estimate of drug-likeness (QED) is 0.462. The summed E-state index contributed by atoms with van der Waals surface area (Å²) in [4.78, 5) is 0. The molecule has 1 aliphatic heterocycles. The van der Waals surface area contributed by atoms with Gasteiger partial charge in [0.05, 0.1) is 5.56 Å². The SMILES string of the molecule is CC/C=C(/C1CCNCC1)N(/C=C(\C)c1cccc(C(F)(F)F)c1)SF. The van der Waals surface area contributed by atoms with Gasteiger partial charge in [-0.05, 0) is 62.5 Å². The number of hydrogen-bond acceptors (Lipinski definition) is 3. The van der Waals surface area contributed by atoms with Crippen LogP contribution in [-0.4, -0.2) is 17.4 Å². The summed E-state index contributed by atoms with van der Waals surface area (Å²) in [6.45, 7) is 5.45. The molecule has 0 saturated carbocycles. The van der Waals surface area contributed by atoms with E-state index < -0.39 is 11.7 Å². The number of nitrogens with one attached hydrogen (secondary N) is 1. The van der Waals surface area contributed by atoms with Crippen LogP contribution in [0.3, 0.4) is 0 Å². The minimum absolute atomic E-state index is 0.0904. The van der Waals surface area contributed by atoms with Crippen molar-refractivity contribution >= 4 is 17.9 Å². The van der Waals surface area contributed by atoms with Gasteiger partial charge in [0.1, 0.15) is 0 Å². The summed E-state index contributed by atoms with van der Waals surface area (Å²) in [7, 11) is 0. The normalized spacial score (nSPS) is 17.5. The summed E-state index contributed by atoms with van der Waals surface area (Å²) >= 11 is 0.0904. The molecule has 2 rings (SSSR count). The molecule has 0 spiro atoms. The Morgan fingerprint density at radius 3 is 2.58 bits per heavy atom. The lowest BCUT2D eigenvalue weighted by atomic mass is 9.93. The highest BCUT2D eigenvalue weighted by molar-refractivity contribution is 7.92. The van der Waals surface area contributed by atoms with Gasteiger partial charge in [-0.15, -0.1) is 3.89 Å². The summed E-state index contributed by atoms with van der Waals surface area (Å²) in [5, 5.41) is 3.29. The number of halogens is 4. The monoisotopic (exact) mass is 388 g/mol. The predicted octanol–water partition coefficient (Wildman–Crippen LogP) is 6.19. The standard InChI is InChI=1S/C19H24F4N2S/c1-3-5-18(15-8-10-24-11-9-15)25(26-23)13-14(2)16-6-4-7-17(12-16)19(20,21)22/h4-7,12-13,15,24H,3,8-11H2,1-2H3/b14-13+,18-5-. The second-order valence-electron chi connectivity index (χ2n) is 6.35. The zero-order chi connectivity index (χ0) is 19.2. The van der Waals surface area contributed by atoms with E-state index in [2.05, 4.69) is 5.32 Å². The van der Waals surface area contributed by atoms with Gasteiger partial charge < -0.3 is 5.32 Å². The smallest absolute Gasteiger partial charge is 0.317 e. The summed E-state index contributed by atoms with van der Waals surface area (Å²) in [5.74, 6) is 0.241. The first-order valence-electron chi connectivity index (χ1n) is 8.71. The molecule has 0 aliphatic carbocycles. The van der Waals surface area contributed by atoms with Crippen molar-refractivity contribution in [3.63, 3.8) is 0 Å². The molecule has 1 heterocycles. The molecular formula is C19H24F4N2S. The van der Waals surface area contributed by atoms with Crippen LogP contribution in [0, 0.1) is 5.92 Å². The van der Waals surface area contributed by atoms with Gasteiger partial charge >= 0.3 is 6.18 Å². The molecule has 0 radical (unpaired) electrons. The first-order chi connectivity index (χ1) is 12.4. The van der Waals surface area contributed by atoms with Crippen LogP contribution >= 0.6 is 12.3 Å². The lowest BCUT2D eigenvalue weighted by Gasteiger charge is -2.30. The molecule has 0 bridgehead atoms. The van der Waals surface area contributed by atoms with Crippen molar-refractivity contribution in [2.45, 2.75) is 39.3 Å². The van der Waals surface area contributed by atoms with Crippen LogP contribution in [0.2, 0.25) is 0 Å². The third-order valence-corrected chi connectivity index (χ3v) is 4.92. The first kappa shape index (κ1) is 20.8. The van der Waals surface area contributed by atoms with E-state index in [9.17, 15) is 17.1 Å². The van der Waals surface area contributed by atoms with Gasteiger partial charge in [0.2, 0.25) is 0 Å². The van der Waals surface area contributed by atoms with Crippen molar-refractivity contribution in [3.05, 3.63) is 53.4 Å². The fraction of sp³-hybridized carbons (Fsp3) is 0.474. The molecule has 1 aromatic rings. The fourth-order valence-corrected chi connectivity index (χ4v) is 3.59. The zero-order valence-corrected chi connectivity index (χ0v) is 15.8. The van der Waals surface area contributed by atoms with Gasteiger partial charge in [0, 0.05) is 17.8 Å². The number of benzene rings is 1. The van der Waals surface area contributed by atoms with Gasteiger partial charge in [-0.3, -0.25) is 4.31 Å². The summed E-state index contributed by atoms with van der Waals surface area (Å²) in [5.41, 5.74) is 1.19. The van der Waals surface area contributed by atoms with E-state index in [0.717, 1.165) is 50.2 Å². The average Bonchev–Trinajstić information content (AvgIpc) is 2.64. The van der Waals surface area contributed by atoms with Gasteiger partial charge in [-0.2, -0.15) is 13.2 Å². The molecule has 144 valence electrons. The maximum absolute atomic E-state index is 13.7. The zero-order valence-electron chi connectivity index (χ0n) is 14.9. The topological polar surface area (TPSA) is 15.3 Å². The van der Waals surface area contributed by atoms with Crippen molar-refractivity contribution < 1.29 is 17.1 Å². The lowest BCUT2D eigenvalue weighted by Crippen LogP contribution is -2.31. The Bertz CT molecular complexity index is 649. The van der Waals surface area contributed by atoms with E-state index in [-0.39, 0.29) is 18.3 Å². The van der Waals surface area contributed by atoms with Crippen LogP contribution in [0.4, 0.5) is 17.1 Å². The van der Waals surface area contributed by atoms with E-state index in [1.807, 2.05) is 13.0 Å². The molecule has 7 heteroatoms. The van der Waals surface area contributed by atoms with Gasteiger partial charge in [-0.1, -0.05) is 25.1 Å². The van der Waals surface area contributed by atoms with E-state index in [1.165, 1.54) is 10.4 Å². The molecule has 1 aromatic carbocycles. The number of hydrogen-bond donors (Lipinski definition) is 1. The average molecular weight is 388 g/mol. The van der Waals surface area contributed by atoms with Gasteiger partial charge in [-0.25, -0.2) is 0 Å². The minimum atomic E-state index is -4.40. The predicted molar refractivity (Wildman–Crippen MR) is 99.6 cm³/mol. The number of allylic oxidation sites excluding steroid dienone is 3. The second-order valence-corrected chi connectivity index (χ2v) is 6.88. The number of alkyl halides is 3. The molecule has 1 saturated heterocycles. The Morgan fingerprint density at radius 2 is 2.00 bits per heavy atom. The van der Waals surface area contributed by atoms with E-state index in [4.69, 9.17) is 0 Å². The van der Waals surface area contributed by atoms with Crippen LogP contribution in [-0.2, 0) is 6.18 Å². The Hall–Kier alpha value is -1.47. The van der Waals surface area contributed by atoms with Crippen LogP contribution < -0.4 is 5.32 Å². The van der Waals surface area contributed by atoms with Crippen molar-refractivity contribution in [2.24, 2.45) is 5.92 Å². The van der Waals surface area contributed by atoms with Gasteiger partial charge in [0.25, 0.3) is 0 Å². The number of rotatable bonds is 6. The minimum Gasteiger partial charge on any atom is -0.317 e. The second kappa shape index (κ2) is 9.46. The molecule has 1 N–H and O–H groups in total. The largest absolute Gasteiger partial charge is 0.416 e. The van der Waals surface area contributed by atoms with Crippen LogP contribution in [0.15, 0.2) is 42.2 Å². The highest BCUT2D eigenvalue weighted by Crippen LogP contribution is 2.34. The molecule has 1 fully saturated rings. The van der Waals surface area contributed by atoms with Crippen molar-refractivity contribution in [1.29, 1.82) is 0 Å². The molecule has 1 aliphatic rings. The van der Waals surface area contributed by atoms with E-state index in [1.54, 1.807) is 19.2 Å². The molecule has 0 unspecified atom stereocenters. The summed E-state index contributed by atoms with van der Waals surface area (Å²) in [6.07, 6.45) is 1.79. The molecule has 0 aromatic heterocycles. The maximum Gasteiger partial charge on any atom is 0.416 e. The van der Waals surface area contributed by atoms with E-state index >= 15 is 0 Å². The van der Waals surface area contributed by atoms with Crippen LogP contribution in [0.1, 0.15) is 44.2 Å². The van der Waals surface area contributed by atoms with Crippen molar-refractivity contribution in [1.82, 2.24) is 9.62 Å². The summed E-state index contributed by atoms with van der Waals surface area (Å²) in [6, 6.07) is 5.12. The number of piperidine rings is 1. The van der Waals surface area contributed by atoms with Crippen molar-refractivity contribution in [3.8, 4) is 0 Å². The highest BCUT2D eigenvalue weighted by Gasteiger charge is 2.30. The lowest BCUT2D eigenvalue weighted by molar-refractivity contribution is -0.137. The Kier molecular flexibility index (Phi) is 7.58. The molecule has 0 amide bonds. The Balaban J connectivity index is 2.29. The van der Waals surface area contributed by atoms with E-state index in [0.29, 0.717) is 11.1 Å². The van der Waals surface area contributed by atoms with Crippen LogP contribution in [0.5, 0.6) is 0 Å². The molecule has 26 heavy (non-hydrogen) atoms. The highest BCUT2D eigenvalue weighted by atomic mass is 32.2. The Labute approximate surface area is 156 Å². The molecule has 0 atom stereocenters.